The van der Waals surface area contributed by atoms with Gasteiger partial charge in [0.05, 0.1) is 10.9 Å². The van der Waals surface area contributed by atoms with E-state index in [0.29, 0.717) is 5.17 Å². The van der Waals surface area contributed by atoms with Crippen molar-refractivity contribution in [2.75, 3.05) is 0 Å². The van der Waals surface area contributed by atoms with Crippen LogP contribution in [0.5, 0.6) is 0 Å². The number of rotatable bonds is 2. The van der Waals surface area contributed by atoms with E-state index in [-0.39, 0.29) is 5.25 Å². The average molecular weight is 280 g/mol. The van der Waals surface area contributed by atoms with Gasteiger partial charge in [0.25, 0.3) is 0 Å². The van der Waals surface area contributed by atoms with Crippen molar-refractivity contribution < 1.29 is 0 Å². The zero-order valence-corrected chi connectivity index (χ0v) is 12.1. The largest absolute Gasteiger partial charge is 0.378 e. The molecule has 2 N–H and O–H groups in total. The molecule has 20 heavy (non-hydrogen) atoms. The second-order valence-corrected chi connectivity index (χ2v) is 5.98. The highest BCUT2D eigenvalue weighted by molar-refractivity contribution is 8.14. The van der Waals surface area contributed by atoms with Crippen LogP contribution >= 0.6 is 11.8 Å². The van der Waals surface area contributed by atoms with E-state index in [1.54, 1.807) is 11.8 Å². The maximum absolute atomic E-state index is 5.99. The number of aliphatic imine (C=N–C) groups is 1. The van der Waals surface area contributed by atoms with Crippen LogP contribution in [-0.2, 0) is 0 Å². The Bertz CT molecular complexity index is 657. The fourth-order valence-electron chi connectivity index (χ4n) is 2.18. The lowest BCUT2D eigenvalue weighted by Crippen LogP contribution is -2.12. The molecule has 1 aliphatic heterocycles. The van der Waals surface area contributed by atoms with Crippen LogP contribution in [-0.4, -0.2) is 5.17 Å². The molecule has 1 unspecified atom stereocenters. The molecule has 2 nitrogen and oxygen atoms in total. The summed E-state index contributed by atoms with van der Waals surface area (Å²) in [6.07, 6.45) is 2.18. The van der Waals surface area contributed by atoms with Crippen molar-refractivity contribution >= 4 is 22.6 Å². The number of aryl methyl sites for hydroxylation is 1. The van der Waals surface area contributed by atoms with Crippen LogP contribution in [0.4, 0.5) is 0 Å². The summed E-state index contributed by atoms with van der Waals surface area (Å²) >= 11 is 1.59. The third kappa shape index (κ3) is 2.78. The lowest BCUT2D eigenvalue weighted by molar-refractivity contribution is 1.22. The monoisotopic (exact) mass is 280 g/mol. The van der Waals surface area contributed by atoms with Gasteiger partial charge in [-0.1, -0.05) is 71.9 Å². The van der Waals surface area contributed by atoms with E-state index in [0.717, 1.165) is 11.3 Å². The SMILES string of the molecule is Cc1ccc(C2=CC(c3ccccc3)SC(N)=N2)cc1. The highest BCUT2D eigenvalue weighted by atomic mass is 32.2. The molecule has 0 aromatic heterocycles. The predicted octanol–water partition coefficient (Wildman–Crippen LogP) is 4.14. The zero-order valence-electron chi connectivity index (χ0n) is 11.3. The first kappa shape index (κ1) is 13.0. The van der Waals surface area contributed by atoms with Crippen molar-refractivity contribution in [3.05, 3.63) is 77.4 Å². The molecule has 0 saturated carbocycles. The van der Waals surface area contributed by atoms with E-state index in [4.69, 9.17) is 5.73 Å². The number of thioether (sulfide) groups is 1. The van der Waals surface area contributed by atoms with Gasteiger partial charge in [-0.15, -0.1) is 0 Å². The highest BCUT2D eigenvalue weighted by Crippen LogP contribution is 2.37. The van der Waals surface area contributed by atoms with Gasteiger partial charge in [0.1, 0.15) is 0 Å². The lowest BCUT2D eigenvalue weighted by Gasteiger charge is -2.19. The summed E-state index contributed by atoms with van der Waals surface area (Å²) in [4.78, 5) is 4.48. The molecule has 0 radical (unpaired) electrons. The van der Waals surface area contributed by atoms with Crippen molar-refractivity contribution in [1.82, 2.24) is 0 Å². The molecule has 2 aromatic rings. The third-order valence-electron chi connectivity index (χ3n) is 3.26. The van der Waals surface area contributed by atoms with E-state index in [1.165, 1.54) is 11.1 Å². The van der Waals surface area contributed by atoms with Crippen molar-refractivity contribution in [3.8, 4) is 0 Å². The minimum absolute atomic E-state index is 0.227. The molecule has 100 valence electrons. The predicted molar refractivity (Wildman–Crippen MR) is 87.6 cm³/mol. The molecule has 0 amide bonds. The Kier molecular flexibility index (Phi) is 3.61. The number of amidine groups is 1. The summed E-state index contributed by atoms with van der Waals surface area (Å²) in [5.41, 5.74) is 10.6. The lowest BCUT2D eigenvalue weighted by atomic mass is 10.1. The Hall–Kier alpha value is -2.00. The van der Waals surface area contributed by atoms with Crippen LogP contribution in [0.15, 0.2) is 65.7 Å². The topological polar surface area (TPSA) is 38.4 Å². The van der Waals surface area contributed by atoms with Crippen LogP contribution < -0.4 is 5.73 Å². The first-order chi connectivity index (χ1) is 9.72. The highest BCUT2D eigenvalue weighted by Gasteiger charge is 2.18. The summed E-state index contributed by atoms with van der Waals surface area (Å²) in [5, 5.41) is 0.849. The van der Waals surface area contributed by atoms with Crippen LogP contribution in [0.2, 0.25) is 0 Å². The van der Waals surface area contributed by atoms with E-state index < -0.39 is 0 Å². The molecule has 0 spiro atoms. The number of benzene rings is 2. The minimum atomic E-state index is 0.227. The van der Waals surface area contributed by atoms with Crippen molar-refractivity contribution in [2.45, 2.75) is 12.2 Å². The maximum Gasteiger partial charge on any atom is 0.160 e. The van der Waals surface area contributed by atoms with E-state index in [9.17, 15) is 0 Å². The quantitative estimate of drug-likeness (QED) is 0.898. The Morgan fingerprint density at radius 1 is 1.00 bits per heavy atom. The number of nitrogens with zero attached hydrogens (tertiary/aromatic N) is 1. The molecule has 0 aliphatic carbocycles. The molecule has 0 bridgehead atoms. The van der Waals surface area contributed by atoms with Crippen LogP contribution in [0, 0.1) is 6.92 Å². The summed E-state index contributed by atoms with van der Waals surface area (Å²) in [6.45, 7) is 2.08. The van der Waals surface area contributed by atoms with Crippen molar-refractivity contribution in [2.24, 2.45) is 10.7 Å². The third-order valence-corrected chi connectivity index (χ3v) is 4.26. The molecule has 0 saturated heterocycles. The molecule has 1 atom stereocenters. The Balaban J connectivity index is 1.97. The molecule has 0 fully saturated rings. The second kappa shape index (κ2) is 5.55. The maximum atomic E-state index is 5.99. The zero-order chi connectivity index (χ0) is 13.9. The standard InChI is InChI=1S/C17H16N2S/c1-12-7-9-13(10-8-12)15-11-16(20-17(18)19-15)14-5-3-2-4-6-14/h2-11,16H,1H3,(H2,18,19). The van der Waals surface area contributed by atoms with Gasteiger partial charge in [0.15, 0.2) is 5.17 Å². The Labute approximate surface area is 123 Å². The van der Waals surface area contributed by atoms with Crippen molar-refractivity contribution in [3.63, 3.8) is 0 Å². The van der Waals surface area contributed by atoms with Gasteiger partial charge in [0, 0.05) is 0 Å². The normalized spacial score (nSPS) is 18.4. The fraction of sp³-hybridized carbons (Fsp3) is 0.118. The van der Waals surface area contributed by atoms with Crippen LogP contribution in [0.1, 0.15) is 21.9 Å². The molecular weight excluding hydrogens is 264 g/mol. The van der Waals surface area contributed by atoms with Crippen LogP contribution in [0.25, 0.3) is 5.70 Å². The van der Waals surface area contributed by atoms with E-state index >= 15 is 0 Å². The van der Waals surface area contributed by atoms with Gasteiger partial charge < -0.3 is 5.73 Å². The van der Waals surface area contributed by atoms with Crippen LogP contribution in [0.3, 0.4) is 0 Å². The van der Waals surface area contributed by atoms with Gasteiger partial charge in [-0.25, -0.2) is 4.99 Å². The summed E-state index contributed by atoms with van der Waals surface area (Å²) in [5.74, 6) is 0. The number of nitrogens with two attached hydrogens (primary N) is 1. The molecule has 1 aliphatic rings. The van der Waals surface area contributed by atoms with Gasteiger partial charge in [0.2, 0.25) is 0 Å². The molecule has 3 rings (SSSR count). The van der Waals surface area contributed by atoms with Gasteiger partial charge in [-0.3, -0.25) is 0 Å². The van der Waals surface area contributed by atoms with E-state index in [2.05, 4.69) is 66.5 Å². The number of hydrogen-bond acceptors (Lipinski definition) is 3. The number of hydrogen-bond donors (Lipinski definition) is 1. The second-order valence-electron chi connectivity index (χ2n) is 4.82. The smallest absolute Gasteiger partial charge is 0.160 e. The van der Waals surface area contributed by atoms with E-state index in [1.807, 2.05) is 6.07 Å². The fourth-order valence-corrected chi connectivity index (χ4v) is 3.08. The van der Waals surface area contributed by atoms with Crippen molar-refractivity contribution in [1.29, 1.82) is 0 Å². The average Bonchev–Trinajstić information content (AvgIpc) is 2.48. The summed E-state index contributed by atoms with van der Waals surface area (Å²) in [7, 11) is 0. The first-order valence-electron chi connectivity index (χ1n) is 6.57. The summed E-state index contributed by atoms with van der Waals surface area (Å²) < 4.78 is 0. The van der Waals surface area contributed by atoms with Gasteiger partial charge >= 0.3 is 0 Å². The van der Waals surface area contributed by atoms with Gasteiger partial charge in [-0.05, 0) is 24.1 Å². The Morgan fingerprint density at radius 3 is 2.40 bits per heavy atom. The summed E-state index contributed by atoms with van der Waals surface area (Å²) in [6, 6.07) is 18.8. The molecule has 2 aromatic carbocycles. The Morgan fingerprint density at radius 2 is 1.70 bits per heavy atom. The van der Waals surface area contributed by atoms with Gasteiger partial charge in [-0.2, -0.15) is 0 Å². The molecular formula is C17H16N2S. The first-order valence-corrected chi connectivity index (χ1v) is 7.45. The minimum Gasteiger partial charge on any atom is -0.378 e. The molecule has 1 heterocycles. The molecule has 3 heteroatoms.